The average Bonchev–Trinajstić information content (AvgIpc) is 2.79. The summed E-state index contributed by atoms with van der Waals surface area (Å²) in [5.74, 6) is 1.62. The average molecular weight is 480 g/mol. The molecule has 1 fully saturated rings. The van der Waals surface area contributed by atoms with Crippen molar-refractivity contribution in [1.82, 2.24) is 4.90 Å². The Labute approximate surface area is 213 Å². The van der Waals surface area contributed by atoms with E-state index >= 15 is 0 Å². The predicted octanol–water partition coefficient (Wildman–Crippen LogP) is 9.49. The van der Waals surface area contributed by atoms with E-state index in [4.69, 9.17) is 5.11 Å². The van der Waals surface area contributed by atoms with Gasteiger partial charge in [0.2, 0.25) is 0 Å². The van der Waals surface area contributed by atoms with Crippen molar-refractivity contribution < 1.29 is 9.90 Å². The number of unbranched alkanes of at least 4 members (excludes halogenated alkanes) is 14. The number of aliphatic carboxylic acids is 1. The van der Waals surface area contributed by atoms with Gasteiger partial charge in [0.05, 0.1) is 0 Å². The third kappa shape index (κ3) is 12.9. The predicted molar refractivity (Wildman–Crippen MR) is 149 cm³/mol. The maximum absolute atomic E-state index is 10.9. The second kappa shape index (κ2) is 18.7. The molecule has 34 heavy (non-hydrogen) atoms. The Kier molecular flexibility index (Phi) is 17.3. The van der Waals surface area contributed by atoms with Gasteiger partial charge in [0.1, 0.15) is 0 Å². The lowest BCUT2D eigenvalue weighted by atomic mass is 9.66. The van der Waals surface area contributed by atoms with E-state index in [2.05, 4.69) is 39.6 Å². The van der Waals surface area contributed by atoms with E-state index in [-0.39, 0.29) is 5.54 Å². The van der Waals surface area contributed by atoms with Crippen molar-refractivity contribution in [3.05, 3.63) is 0 Å². The molecule has 3 nitrogen and oxygen atoms in total. The molecule has 0 bridgehead atoms. The summed E-state index contributed by atoms with van der Waals surface area (Å²) in [5.41, 5.74) is 0.262. The van der Waals surface area contributed by atoms with E-state index in [1.807, 2.05) is 0 Å². The quantitative estimate of drug-likeness (QED) is 0.167. The summed E-state index contributed by atoms with van der Waals surface area (Å²) in [6.45, 7) is 10.8. The van der Waals surface area contributed by atoms with E-state index in [0.717, 1.165) is 24.7 Å². The lowest BCUT2D eigenvalue weighted by Gasteiger charge is -2.51. The smallest absolute Gasteiger partial charge is 0.303 e. The van der Waals surface area contributed by atoms with Crippen LogP contribution in [0, 0.1) is 17.8 Å². The molecule has 1 rings (SSSR count). The van der Waals surface area contributed by atoms with E-state index < -0.39 is 5.97 Å². The van der Waals surface area contributed by atoms with Gasteiger partial charge in [0, 0.05) is 12.0 Å². The lowest BCUT2D eigenvalue weighted by Crippen LogP contribution is -2.54. The molecule has 0 aromatic carbocycles. The van der Waals surface area contributed by atoms with Gasteiger partial charge in [0.15, 0.2) is 0 Å². The molecule has 0 spiro atoms. The van der Waals surface area contributed by atoms with Crippen LogP contribution in [0.4, 0.5) is 0 Å². The SMILES string of the molecule is CCCCCCCCCCCCCCCCC(CCCCC(=O)O)C1CCN(C)C(C)(C)C1C. The van der Waals surface area contributed by atoms with Crippen LogP contribution in [-0.4, -0.2) is 35.1 Å². The van der Waals surface area contributed by atoms with Gasteiger partial charge >= 0.3 is 5.97 Å². The zero-order valence-corrected chi connectivity index (χ0v) is 23.9. The molecule has 0 aromatic rings. The van der Waals surface area contributed by atoms with Gasteiger partial charge in [-0.3, -0.25) is 4.79 Å². The number of rotatable bonds is 21. The number of hydrogen-bond acceptors (Lipinski definition) is 2. The first-order valence-corrected chi connectivity index (χ1v) is 15.2. The molecular formula is C31H61NO2. The first-order valence-electron chi connectivity index (χ1n) is 15.2. The van der Waals surface area contributed by atoms with Gasteiger partial charge < -0.3 is 10.0 Å². The van der Waals surface area contributed by atoms with Crippen LogP contribution in [0.15, 0.2) is 0 Å². The highest BCUT2D eigenvalue weighted by molar-refractivity contribution is 5.66. The van der Waals surface area contributed by atoms with Gasteiger partial charge in [0.25, 0.3) is 0 Å². The zero-order valence-electron chi connectivity index (χ0n) is 23.9. The molecule has 202 valence electrons. The Hall–Kier alpha value is -0.570. The molecule has 1 aliphatic heterocycles. The van der Waals surface area contributed by atoms with E-state index in [0.29, 0.717) is 12.3 Å². The molecular weight excluding hydrogens is 418 g/mol. The molecule has 1 N–H and O–H groups in total. The largest absolute Gasteiger partial charge is 0.481 e. The van der Waals surface area contributed by atoms with Crippen molar-refractivity contribution in [3.63, 3.8) is 0 Å². The monoisotopic (exact) mass is 479 g/mol. The Morgan fingerprint density at radius 3 is 1.74 bits per heavy atom. The van der Waals surface area contributed by atoms with Gasteiger partial charge in [-0.25, -0.2) is 0 Å². The number of piperidine rings is 1. The van der Waals surface area contributed by atoms with Gasteiger partial charge in [-0.05, 0) is 58.0 Å². The highest BCUT2D eigenvalue weighted by Gasteiger charge is 2.41. The first-order chi connectivity index (χ1) is 16.3. The fraction of sp³-hybridized carbons (Fsp3) is 0.968. The van der Waals surface area contributed by atoms with E-state index in [9.17, 15) is 4.79 Å². The number of likely N-dealkylation sites (tertiary alicyclic amines) is 1. The molecule has 0 radical (unpaired) electrons. The third-order valence-corrected chi connectivity index (χ3v) is 9.29. The van der Waals surface area contributed by atoms with Crippen molar-refractivity contribution in [1.29, 1.82) is 0 Å². The minimum absolute atomic E-state index is 0.262. The summed E-state index contributed by atoms with van der Waals surface area (Å²) in [4.78, 5) is 13.5. The van der Waals surface area contributed by atoms with Gasteiger partial charge in [-0.15, -0.1) is 0 Å². The molecule has 1 saturated heterocycles. The Morgan fingerprint density at radius 2 is 1.26 bits per heavy atom. The zero-order chi connectivity index (χ0) is 25.2. The highest BCUT2D eigenvalue weighted by atomic mass is 16.4. The van der Waals surface area contributed by atoms with Gasteiger partial charge in [-0.2, -0.15) is 0 Å². The molecule has 3 atom stereocenters. The van der Waals surface area contributed by atoms with Crippen LogP contribution >= 0.6 is 0 Å². The summed E-state index contributed by atoms with van der Waals surface area (Å²) in [7, 11) is 2.28. The number of carboxylic acids is 1. The second-order valence-corrected chi connectivity index (χ2v) is 12.1. The third-order valence-electron chi connectivity index (χ3n) is 9.29. The lowest BCUT2D eigenvalue weighted by molar-refractivity contribution is -0.137. The van der Waals surface area contributed by atoms with Crippen LogP contribution in [0.2, 0.25) is 0 Å². The van der Waals surface area contributed by atoms with Crippen molar-refractivity contribution in [2.24, 2.45) is 17.8 Å². The Morgan fingerprint density at radius 1 is 0.824 bits per heavy atom. The highest BCUT2D eigenvalue weighted by Crippen LogP contribution is 2.43. The molecule has 1 aliphatic rings. The summed E-state index contributed by atoms with van der Waals surface area (Å²) in [5, 5.41) is 9.01. The van der Waals surface area contributed by atoms with Crippen molar-refractivity contribution in [2.45, 2.75) is 162 Å². The number of carbonyl (C=O) groups is 1. The molecule has 0 amide bonds. The van der Waals surface area contributed by atoms with Crippen LogP contribution in [0.25, 0.3) is 0 Å². The summed E-state index contributed by atoms with van der Waals surface area (Å²) in [6.07, 6.45) is 26.0. The topological polar surface area (TPSA) is 40.5 Å². The molecule has 3 unspecified atom stereocenters. The minimum Gasteiger partial charge on any atom is -0.481 e. The molecule has 1 heterocycles. The van der Waals surface area contributed by atoms with Crippen molar-refractivity contribution >= 4 is 5.97 Å². The normalized spacial score (nSPS) is 21.6. The molecule has 3 heteroatoms. The number of carboxylic acid groups (broad SMARTS) is 1. The summed E-state index contributed by atoms with van der Waals surface area (Å²) in [6, 6.07) is 0. The van der Waals surface area contributed by atoms with E-state index in [1.54, 1.807) is 0 Å². The molecule has 0 aliphatic carbocycles. The summed E-state index contributed by atoms with van der Waals surface area (Å²) >= 11 is 0. The van der Waals surface area contributed by atoms with Crippen molar-refractivity contribution in [3.8, 4) is 0 Å². The number of nitrogens with zero attached hydrogens (tertiary/aromatic N) is 1. The van der Waals surface area contributed by atoms with Crippen LogP contribution < -0.4 is 0 Å². The minimum atomic E-state index is -0.641. The molecule has 0 aromatic heterocycles. The van der Waals surface area contributed by atoms with Crippen LogP contribution in [0.3, 0.4) is 0 Å². The maximum atomic E-state index is 10.9. The molecule has 0 saturated carbocycles. The van der Waals surface area contributed by atoms with Crippen molar-refractivity contribution in [2.75, 3.05) is 13.6 Å². The standard InChI is InChI=1S/C31H61NO2/c1-6-7-8-9-10-11-12-13-14-15-16-17-18-19-22-28(23-20-21-24-30(33)34)29-25-26-32(5)31(3,4)27(29)2/h27-29H,6-26H2,1-5H3,(H,33,34). The Balaban J connectivity index is 2.24. The van der Waals surface area contributed by atoms with E-state index in [1.165, 1.54) is 116 Å². The van der Waals surface area contributed by atoms with Crippen LogP contribution in [0.1, 0.15) is 156 Å². The Bertz CT molecular complexity index is 504. The fourth-order valence-corrected chi connectivity index (χ4v) is 6.25. The van der Waals surface area contributed by atoms with Crippen LogP contribution in [0.5, 0.6) is 0 Å². The second-order valence-electron chi connectivity index (χ2n) is 12.1. The maximum Gasteiger partial charge on any atom is 0.303 e. The first kappa shape index (κ1) is 31.5. The fourth-order valence-electron chi connectivity index (χ4n) is 6.25. The summed E-state index contributed by atoms with van der Waals surface area (Å²) < 4.78 is 0. The van der Waals surface area contributed by atoms with Crippen LogP contribution in [-0.2, 0) is 4.79 Å². The van der Waals surface area contributed by atoms with Gasteiger partial charge in [-0.1, -0.05) is 123 Å². The number of hydrogen-bond donors (Lipinski definition) is 1.